The Labute approximate surface area is 108 Å². The van der Waals surface area contributed by atoms with Gasteiger partial charge < -0.3 is 10.1 Å². The molecule has 7 heteroatoms. The summed E-state index contributed by atoms with van der Waals surface area (Å²) in [4.78, 5) is 13.9. The molecule has 0 spiro atoms. The van der Waals surface area contributed by atoms with Gasteiger partial charge in [0.05, 0.1) is 0 Å². The van der Waals surface area contributed by atoms with Gasteiger partial charge in [-0.1, -0.05) is 11.5 Å². The summed E-state index contributed by atoms with van der Waals surface area (Å²) in [6.07, 6.45) is 2.25. The molecule has 0 unspecified atom stereocenters. The van der Waals surface area contributed by atoms with Gasteiger partial charge in [-0.25, -0.2) is 4.79 Å². The topological polar surface area (TPSA) is 87.1 Å². The number of azide groups is 1. The summed E-state index contributed by atoms with van der Waals surface area (Å²) in [5, 5.41) is 6.09. The number of ether oxygens (including phenoxy) is 1. The second-order valence-corrected chi connectivity index (χ2v) is 4.44. The molecule has 0 aromatic carbocycles. The number of carbonyl (C=O) groups is 1. The third-order valence-electron chi connectivity index (χ3n) is 1.67. The van der Waals surface area contributed by atoms with E-state index in [2.05, 4.69) is 15.3 Å². The van der Waals surface area contributed by atoms with Crippen LogP contribution in [0.2, 0.25) is 0 Å². The molecule has 0 radical (unpaired) electrons. The number of amides is 1. The van der Waals surface area contributed by atoms with Gasteiger partial charge in [0.1, 0.15) is 5.60 Å². The summed E-state index contributed by atoms with van der Waals surface area (Å²) in [5.74, 6) is 0. The van der Waals surface area contributed by atoms with E-state index in [9.17, 15) is 4.79 Å². The lowest BCUT2D eigenvalue weighted by molar-refractivity contribution is 0.0527. The zero-order valence-electron chi connectivity index (χ0n) is 10.6. The lowest BCUT2D eigenvalue weighted by Crippen LogP contribution is -2.32. The van der Waals surface area contributed by atoms with Gasteiger partial charge in [0.15, 0.2) is 0 Å². The van der Waals surface area contributed by atoms with Crippen molar-refractivity contribution in [3.05, 3.63) is 10.4 Å². The zero-order valence-corrected chi connectivity index (χ0v) is 11.4. The Hall–Kier alpha value is -1.13. The van der Waals surface area contributed by atoms with Crippen LogP contribution in [-0.2, 0) is 4.74 Å². The van der Waals surface area contributed by atoms with Crippen molar-refractivity contribution in [3.8, 4) is 0 Å². The average Bonchev–Trinajstić information content (AvgIpc) is 2.13. The highest BCUT2D eigenvalue weighted by molar-refractivity contribution is 5.85. The standard InChI is InChI=1S/C10H20N4O2.ClH/c1-10(2,3)16-9(15)12-7-5-4-6-8-13-14-11;/h4-8H2,1-3H3,(H,12,15);1H. The molecule has 0 heterocycles. The molecule has 0 atom stereocenters. The number of unbranched alkanes of at least 4 members (excludes halogenated alkanes) is 2. The van der Waals surface area contributed by atoms with Gasteiger partial charge >= 0.3 is 6.09 Å². The Morgan fingerprint density at radius 1 is 1.35 bits per heavy atom. The predicted molar refractivity (Wildman–Crippen MR) is 69.3 cm³/mol. The maximum atomic E-state index is 11.2. The van der Waals surface area contributed by atoms with E-state index in [-0.39, 0.29) is 18.5 Å². The van der Waals surface area contributed by atoms with Gasteiger partial charge in [-0.05, 0) is 39.1 Å². The summed E-state index contributed by atoms with van der Waals surface area (Å²) in [5.41, 5.74) is 7.58. The van der Waals surface area contributed by atoms with Crippen molar-refractivity contribution in [2.24, 2.45) is 5.11 Å². The van der Waals surface area contributed by atoms with E-state index in [1.54, 1.807) is 0 Å². The van der Waals surface area contributed by atoms with Gasteiger partial charge in [0.25, 0.3) is 0 Å². The number of rotatable bonds is 6. The maximum Gasteiger partial charge on any atom is 0.407 e. The highest BCUT2D eigenvalue weighted by atomic mass is 35.5. The molecule has 100 valence electrons. The monoisotopic (exact) mass is 264 g/mol. The normalized spacial score (nSPS) is 9.82. The van der Waals surface area contributed by atoms with Crippen LogP contribution in [0, 0.1) is 0 Å². The Morgan fingerprint density at radius 3 is 2.53 bits per heavy atom. The number of carbonyl (C=O) groups excluding carboxylic acids is 1. The molecule has 0 saturated heterocycles. The van der Waals surface area contributed by atoms with Crippen molar-refractivity contribution in [2.45, 2.75) is 45.6 Å². The third kappa shape index (κ3) is 14.9. The van der Waals surface area contributed by atoms with Crippen molar-refractivity contribution in [1.82, 2.24) is 5.32 Å². The molecule has 0 aliphatic rings. The van der Waals surface area contributed by atoms with E-state index in [0.717, 1.165) is 19.3 Å². The number of nitrogens with zero attached hydrogens (tertiary/aromatic N) is 3. The second-order valence-electron chi connectivity index (χ2n) is 4.44. The smallest absolute Gasteiger partial charge is 0.407 e. The summed E-state index contributed by atoms with van der Waals surface area (Å²) in [7, 11) is 0. The fourth-order valence-corrected chi connectivity index (χ4v) is 1.03. The number of nitrogens with one attached hydrogen (secondary N) is 1. The molecule has 0 aliphatic heterocycles. The quantitative estimate of drug-likeness (QED) is 0.345. The van der Waals surface area contributed by atoms with Crippen LogP contribution in [0.25, 0.3) is 10.4 Å². The van der Waals surface area contributed by atoms with E-state index < -0.39 is 5.60 Å². The van der Waals surface area contributed by atoms with Gasteiger partial charge in [-0.3, -0.25) is 0 Å². The highest BCUT2D eigenvalue weighted by Crippen LogP contribution is 2.06. The molecule has 6 nitrogen and oxygen atoms in total. The highest BCUT2D eigenvalue weighted by Gasteiger charge is 2.15. The van der Waals surface area contributed by atoms with E-state index in [0.29, 0.717) is 13.1 Å². The van der Waals surface area contributed by atoms with Gasteiger partial charge in [-0.2, -0.15) is 0 Å². The van der Waals surface area contributed by atoms with Crippen LogP contribution in [0.4, 0.5) is 4.79 Å². The molecule has 0 aliphatic carbocycles. The van der Waals surface area contributed by atoms with E-state index in [4.69, 9.17) is 10.3 Å². The molecule has 1 N–H and O–H groups in total. The first-order valence-corrected chi connectivity index (χ1v) is 5.43. The molecule has 0 rings (SSSR count). The van der Waals surface area contributed by atoms with Crippen LogP contribution in [0.15, 0.2) is 5.11 Å². The SMILES string of the molecule is CC(C)(C)OC(=O)NCCCCCN=[N+]=[N-].Cl. The molecule has 1 amide bonds. The summed E-state index contributed by atoms with van der Waals surface area (Å²) in [6, 6.07) is 0. The van der Waals surface area contributed by atoms with Gasteiger partial charge in [0.2, 0.25) is 0 Å². The Bertz CT molecular complexity index is 260. The number of alkyl carbamates (subject to hydrolysis) is 1. The first-order valence-electron chi connectivity index (χ1n) is 5.43. The lowest BCUT2D eigenvalue weighted by atomic mass is 10.2. The summed E-state index contributed by atoms with van der Waals surface area (Å²) >= 11 is 0. The molecule has 0 bridgehead atoms. The minimum Gasteiger partial charge on any atom is -0.444 e. The van der Waals surface area contributed by atoms with E-state index in [1.807, 2.05) is 20.8 Å². The molecular formula is C10H21ClN4O2. The fraction of sp³-hybridized carbons (Fsp3) is 0.900. The Morgan fingerprint density at radius 2 is 2.00 bits per heavy atom. The zero-order chi connectivity index (χ0) is 12.4. The first kappa shape index (κ1) is 18.2. The van der Waals surface area contributed by atoms with Crippen LogP contribution >= 0.6 is 12.4 Å². The Kier molecular flexibility index (Phi) is 10.8. The van der Waals surface area contributed by atoms with E-state index >= 15 is 0 Å². The lowest BCUT2D eigenvalue weighted by Gasteiger charge is -2.19. The largest absolute Gasteiger partial charge is 0.444 e. The van der Waals surface area contributed by atoms with Crippen LogP contribution in [0.1, 0.15) is 40.0 Å². The molecule has 0 aromatic rings. The fourth-order valence-electron chi connectivity index (χ4n) is 1.03. The second kappa shape index (κ2) is 10.1. The van der Waals surface area contributed by atoms with Crippen molar-refractivity contribution >= 4 is 18.5 Å². The molecule has 17 heavy (non-hydrogen) atoms. The van der Waals surface area contributed by atoms with Gasteiger partial charge in [-0.15, -0.1) is 12.4 Å². The molecular weight excluding hydrogens is 244 g/mol. The first-order chi connectivity index (χ1) is 7.45. The average molecular weight is 265 g/mol. The maximum absolute atomic E-state index is 11.2. The summed E-state index contributed by atoms with van der Waals surface area (Å²) in [6.45, 7) is 6.58. The van der Waals surface area contributed by atoms with E-state index in [1.165, 1.54) is 0 Å². The van der Waals surface area contributed by atoms with Crippen molar-refractivity contribution in [2.75, 3.05) is 13.1 Å². The number of hydrogen-bond donors (Lipinski definition) is 1. The number of hydrogen-bond acceptors (Lipinski definition) is 3. The van der Waals surface area contributed by atoms with Crippen LogP contribution in [-0.4, -0.2) is 24.8 Å². The number of halogens is 1. The van der Waals surface area contributed by atoms with Crippen LogP contribution in [0.5, 0.6) is 0 Å². The molecule has 0 aromatic heterocycles. The van der Waals surface area contributed by atoms with Crippen molar-refractivity contribution in [1.29, 1.82) is 0 Å². The van der Waals surface area contributed by atoms with Crippen LogP contribution in [0.3, 0.4) is 0 Å². The van der Waals surface area contributed by atoms with Gasteiger partial charge in [0, 0.05) is 18.0 Å². The predicted octanol–water partition coefficient (Wildman–Crippen LogP) is 3.41. The van der Waals surface area contributed by atoms with Crippen molar-refractivity contribution < 1.29 is 9.53 Å². The van der Waals surface area contributed by atoms with Crippen molar-refractivity contribution in [3.63, 3.8) is 0 Å². The van der Waals surface area contributed by atoms with Crippen LogP contribution < -0.4 is 5.32 Å². The summed E-state index contributed by atoms with van der Waals surface area (Å²) < 4.78 is 5.07. The molecule has 0 fully saturated rings. The minimum absolute atomic E-state index is 0. The minimum atomic E-state index is -0.453. The molecule has 0 saturated carbocycles. The third-order valence-corrected chi connectivity index (χ3v) is 1.67. The Balaban J connectivity index is 0.